The average molecular weight is 404 g/mol. The molecule has 4 rings (SSSR count). The molecule has 0 saturated carbocycles. The van der Waals surface area contributed by atoms with Crippen LogP contribution in [-0.2, 0) is 11.3 Å². The molecule has 29 heavy (non-hydrogen) atoms. The first-order valence-electron chi connectivity index (χ1n) is 9.55. The van der Waals surface area contributed by atoms with E-state index < -0.39 is 0 Å². The molecule has 1 aliphatic rings. The lowest BCUT2D eigenvalue weighted by molar-refractivity contribution is -0.117. The van der Waals surface area contributed by atoms with E-state index >= 15 is 0 Å². The Morgan fingerprint density at radius 1 is 1.07 bits per heavy atom. The fraction of sp³-hybridized carbons (Fsp3) is 0.174. The monoisotopic (exact) mass is 403 g/mol. The predicted molar refractivity (Wildman–Crippen MR) is 114 cm³/mol. The largest absolute Gasteiger partial charge is 0.348 e. The number of amides is 2. The fourth-order valence-corrected chi connectivity index (χ4v) is 4.02. The molecule has 1 aromatic heterocycles. The Balaban J connectivity index is 1.35. The van der Waals surface area contributed by atoms with Crippen LogP contribution in [0.4, 0.5) is 5.69 Å². The van der Waals surface area contributed by atoms with Crippen LogP contribution < -0.4 is 10.2 Å². The van der Waals surface area contributed by atoms with Gasteiger partial charge in [-0.05, 0) is 60.5 Å². The Labute approximate surface area is 174 Å². The van der Waals surface area contributed by atoms with Crippen molar-refractivity contribution in [2.24, 2.45) is 0 Å². The molecule has 2 amide bonds. The Bertz CT molecular complexity index is 1010. The van der Waals surface area contributed by atoms with Crippen molar-refractivity contribution in [1.82, 2.24) is 10.3 Å². The molecule has 6 heteroatoms. The van der Waals surface area contributed by atoms with Crippen molar-refractivity contribution in [2.75, 3.05) is 11.4 Å². The molecule has 3 aromatic rings. The second-order valence-electron chi connectivity index (χ2n) is 6.80. The van der Waals surface area contributed by atoms with E-state index in [2.05, 4.69) is 10.3 Å². The number of hydrogen-bond donors (Lipinski definition) is 1. The lowest BCUT2D eigenvalue weighted by Gasteiger charge is -2.16. The summed E-state index contributed by atoms with van der Waals surface area (Å²) >= 11 is 1.56. The SMILES string of the molecule is O=C(NCc1cccc(N2CCCC2=O)c1)c1ccc(Sc2ccccn2)cc1. The van der Waals surface area contributed by atoms with Gasteiger partial charge in [0.1, 0.15) is 5.03 Å². The molecule has 0 atom stereocenters. The van der Waals surface area contributed by atoms with E-state index in [-0.39, 0.29) is 11.8 Å². The van der Waals surface area contributed by atoms with Gasteiger partial charge < -0.3 is 10.2 Å². The first kappa shape index (κ1) is 19.2. The molecule has 146 valence electrons. The number of nitrogens with zero attached hydrogens (tertiary/aromatic N) is 2. The van der Waals surface area contributed by atoms with Gasteiger partial charge in [0.25, 0.3) is 5.91 Å². The second-order valence-corrected chi connectivity index (χ2v) is 7.89. The number of anilines is 1. The highest BCUT2D eigenvalue weighted by Crippen LogP contribution is 2.26. The number of rotatable bonds is 6. The topological polar surface area (TPSA) is 62.3 Å². The van der Waals surface area contributed by atoms with Gasteiger partial charge in [-0.1, -0.05) is 30.0 Å². The van der Waals surface area contributed by atoms with E-state index in [1.807, 2.05) is 71.6 Å². The van der Waals surface area contributed by atoms with Crippen molar-refractivity contribution in [1.29, 1.82) is 0 Å². The summed E-state index contributed by atoms with van der Waals surface area (Å²) in [6.45, 7) is 1.18. The molecule has 1 aliphatic heterocycles. The molecule has 2 aromatic carbocycles. The number of carbonyl (C=O) groups is 2. The molecule has 1 fully saturated rings. The Morgan fingerprint density at radius 3 is 2.66 bits per heavy atom. The fourth-order valence-electron chi connectivity index (χ4n) is 3.24. The van der Waals surface area contributed by atoms with Crippen LogP contribution in [0, 0.1) is 0 Å². The third kappa shape index (κ3) is 4.84. The number of nitrogens with one attached hydrogen (secondary N) is 1. The van der Waals surface area contributed by atoms with Crippen LogP contribution in [0.3, 0.4) is 0 Å². The van der Waals surface area contributed by atoms with Gasteiger partial charge in [-0.2, -0.15) is 0 Å². The third-order valence-corrected chi connectivity index (χ3v) is 5.68. The zero-order chi connectivity index (χ0) is 20.1. The minimum absolute atomic E-state index is 0.123. The van der Waals surface area contributed by atoms with Crippen LogP contribution >= 0.6 is 11.8 Å². The van der Waals surface area contributed by atoms with Gasteiger partial charge in [-0.3, -0.25) is 9.59 Å². The smallest absolute Gasteiger partial charge is 0.251 e. The maximum absolute atomic E-state index is 12.5. The quantitative estimate of drug-likeness (QED) is 0.667. The normalized spacial score (nSPS) is 13.5. The predicted octanol–water partition coefficient (Wildman–Crippen LogP) is 4.29. The van der Waals surface area contributed by atoms with E-state index in [1.165, 1.54) is 0 Å². The van der Waals surface area contributed by atoms with Crippen molar-refractivity contribution in [3.8, 4) is 0 Å². The summed E-state index contributed by atoms with van der Waals surface area (Å²) in [6.07, 6.45) is 3.27. The maximum Gasteiger partial charge on any atom is 0.251 e. The highest BCUT2D eigenvalue weighted by atomic mass is 32.2. The standard InChI is InChI=1S/C23H21N3O2S/c27-22-8-4-14-26(22)19-6-3-5-17(15-19)16-25-23(28)18-9-11-20(12-10-18)29-21-7-1-2-13-24-21/h1-3,5-7,9-13,15H,4,8,14,16H2,(H,25,28). The summed E-state index contributed by atoms with van der Waals surface area (Å²) in [5, 5.41) is 3.87. The van der Waals surface area contributed by atoms with E-state index in [4.69, 9.17) is 0 Å². The highest BCUT2D eigenvalue weighted by molar-refractivity contribution is 7.99. The van der Waals surface area contributed by atoms with Crippen molar-refractivity contribution in [3.63, 3.8) is 0 Å². The molecule has 0 unspecified atom stereocenters. The molecule has 0 aliphatic carbocycles. The zero-order valence-corrected chi connectivity index (χ0v) is 16.7. The molecule has 0 radical (unpaired) electrons. The lowest BCUT2D eigenvalue weighted by Crippen LogP contribution is -2.25. The van der Waals surface area contributed by atoms with Gasteiger partial charge in [-0.25, -0.2) is 4.98 Å². The number of aromatic nitrogens is 1. The maximum atomic E-state index is 12.5. The van der Waals surface area contributed by atoms with Crippen molar-refractivity contribution in [2.45, 2.75) is 29.3 Å². The molecular weight excluding hydrogens is 382 g/mol. The van der Waals surface area contributed by atoms with E-state index in [9.17, 15) is 9.59 Å². The van der Waals surface area contributed by atoms with Gasteiger partial charge in [0.15, 0.2) is 0 Å². The molecule has 0 bridgehead atoms. The van der Waals surface area contributed by atoms with E-state index in [1.54, 1.807) is 18.0 Å². The molecular formula is C23H21N3O2S. The lowest BCUT2D eigenvalue weighted by atomic mass is 10.1. The van der Waals surface area contributed by atoms with Crippen LogP contribution in [-0.4, -0.2) is 23.3 Å². The first-order valence-corrected chi connectivity index (χ1v) is 10.4. The van der Waals surface area contributed by atoms with Gasteiger partial charge >= 0.3 is 0 Å². The van der Waals surface area contributed by atoms with Crippen LogP contribution in [0.1, 0.15) is 28.8 Å². The van der Waals surface area contributed by atoms with Crippen molar-refractivity contribution < 1.29 is 9.59 Å². The summed E-state index contributed by atoms with van der Waals surface area (Å²) in [5.41, 5.74) is 2.48. The Hall–Kier alpha value is -3.12. The number of carbonyl (C=O) groups excluding carboxylic acids is 2. The molecule has 1 N–H and O–H groups in total. The first-order chi connectivity index (χ1) is 14.2. The van der Waals surface area contributed by atoms with E-state index in [0.29, 0.717) is 18.5 Å². The van der Waals surface area contributed by atoms with Crippen molar-refractivity contribution >= 4 is 29.3 Å². The van der Waals surface area contributed by atoms with Crippen LogP contribution in [0.2, 0.25) is 0 Å². The molecule has 0 spiro atoms. The van der Waals surface area contributed by atoms with Crippen LogP contribution in [0.5, 0.6) is 0 Å². The number of pyridine rings is 1. The van der Waals surface area contributed by atoms with Gasteiger partial charge in [0.05, 0.1) is 0 Å². The summed E-state index contributed by atoms with van der Waals surface area (Å²) in [6, 6.07) is 21.1. The zero-order valence-electron chi connectivity index (χ0n) is 15.9. The van der Waals surface area contributed by atoms with E-state index in [0.717, 1.165) is 34.1 Å². The minimum atomic E-state index is -0.123. The van der Waals surface area contributed by atoms with Gasteiger partial charge in [0.2, 0.25) is 5.91 Å². The number of benzene rings is 2. The Kier molecular flexibility index (Phi) is 5.91. The number of hydrogen-bond acceptors (Lipinski definition) is 4. The third-order valence-electron chi connectivity index (χ3n) is 4.73. The second kappa shape index (κ2) is 8.92. The summed E-state index contributed by atoms with van der Waals surface area (Å²) in [7, 11) is 0. The average Bonchev–Trinajstić information content (AvgIpc) is 3.19. The highest BCUT2D eigenvalue weighted by Gasteiger charge is 2.21. The van der Waals surface area contributed by atoms with Crippen LogP contribution in [0.25, 0.3) is 0 Å². The van der Waals surface area contributed by atoms with Crippen molar-refractivity contribution in [3.05, 3.63) is 84.1 Å². The molecule has 2 heterocycles. The van der Waals surface area contributed by atoms with Crippen LogP contribution in [0.15, 0.2) is 82.8 Å². The minimum Gasteiger partial charge on any atom is -0.348 e. The molecule has 5 nitrogen and oxygen atoms in total. The Morgan fingerprint density at radius 2 is 1.93 bits per heavy atom. The van der Waals surface area contributed by atoms with Gasteiger partial charge in [0, 0.05) is 41.9 Å². The molecule has 1 saturated heterocycles. The summed E-state index contributed by atoms with van der Waals surface area (Å²) in [5.74, 6) is 0.0388. The summed E-state index contributed by atoms with van der Waals surface area (Å²) in [4.78, 5) is 31.6. The van der Waals surface area contributed by atoms with Gasteiger partial charge in [-0.15, -0.1) is 0 Å². The summed E-state index contributed by atoms with van der Waals surface area (Å²) < 4.78 is 0.